The molecule has 3 aromatic rings. The Bertz CT molecular complexity index is 1020. The SMILES string of the molecule is NC(=O)c1nc(Cc2cccc(NC(=O)Cc3ccc(Cl)cc3)c2)cnc1N. The van der Waals surface area contributed by atoms with Crippen molar-refractivity contribution in [2.75, 3.05) is 11.1 Å². The molecule has 2 aromatic carbocycles. The topological polar surface area (TPSA) is 124 Å². The minimum Gasteiger partial charge on any atom is -0.382 e. The highest BCUT2D eigenvalue weighted by atomic mass is 35.5. The van der Waals surface area contributed by atoms with Gasteiger partial charge in [0.15, 0.2) is 11.5 Å². The quantitative estimate of drug-likeness (QED) is 0.591. The molecule has 0 radical (unpaired) electrons. The number of nitrogens with one attached hydrogen (secondary N) is 1. The number of nitrogen functional groups attached to an aromatic ring is 1. The first-order valence-electron chi connectivity index (χ1n) is 8.45. The Morgan fingerprint density at radius 1 is 1.07 bits per heavy atom. The van der Waals surface area contributed by atoms with Gasteiger partial charge in [-0.1, -0.05) is 35.9 Å². The fraction of sp³-hybridized carbons (Fsp3) is 0.100. The van der Waals surface area contributed by atoms with Gasteiger partial charge in [0.2, 0.25) is 5.91 Å². The van der Waals surface area contributed by atoms with Gasteiger partial charge in [-0.05, 0) is 35.4 Å². The third kappa shape index (κ3) is 5.05. The predicted octanol–water partition coefficient (Wildman–Crippen LogP) is 2.58. The molecule has 1 aromatic heterocycles. The van der Waals surface area contributed by atoms with Gasteiger partial charge < -0.3 is 16.8 Å². The van der Waals surface area contributed by atoms with Crippen LogP contribution in [0.25, 0.3) is 0 Å². The zero-order valence-corrected chi connectivity index (χ0v) is 15.6. The molecule has 5 N–H and O–H groups in total. The Hall–Kier alpha value is -3.45. The summed E-state index contributed by atoms with van der Waals surface area (Å²) in [4.78, 5) is 31.7. The van der Waals surface area contributed by atoms with Gasteiger partial charge in [-0.3, -0.25) is 9.59 Å². The first-order valence-corrected chi connectivity index (χ1v) is 8.83. The van der Waals surface area contributed by atoms with Gasteiger partial charge >= 0.3 is 0 Å². The zero-order chi connectivity index (χ0) is 20.1. The van der Waals surface area contributed by atoms with Crippen molar-refractivity contribution in [3.8, 4) is 0 Å². The molecule has 2 amide bonds. The second-order valence-electron chi connectivity index (χ2n) is 6.19. The molecule has 0 fully saturated rings. The fourth-order valence-corrected chi connectivity index (χ4v) is 2.79. The maximum absolute atomic E-state index is 12.3. The van der Waals surface area contributed by atoms with Crippen LogP contribution in [0.1, 0.15) is 27.3 Å². The highest BCUT2D eigenvalue weighted by Gasteiger charge is 2.11. The van der Waals surface area contributed by atoms with Gasteiger partial charge in [0, 0.05) is 17.1 Å². The molecule has 0 aliphatic rings. The number of nitrogens with two attached hydrogens (primary N) is 2. The Balaban J connectivity index is 1.68. The largest absolute Gasteiger partial charge is 0.382 e. The van der Waals surface area contributed by atoms with Crippen LogP contribution in [0, 0.1) is 0 Å². The molecule has 0 aliphatic heterocycles. The lowest BCUT2D eigenvalue weighted by molar-refractivity contribution is -0.115. The molecular formula is C20H18ClN5O2. The summed E-state index contributed by atoms with van der Waals surface area (Å²) in [5, 5.41) is 3.49. The summed E-state index contributed by atoms with van der Waals surface area (Å²) in [5.41, 5.74) is 13.8. The van der Waals surface area contributed by atoms with Crippen molar-refractivity contribution in [2.45, 2.75) is 12.8 Å². The summed E-state index contributed by atoms with van der Waals surface area (Å²) >= 11 is 5.85. The number of aromatic nitrogens is 2. The summed E-state index contributed by atoms with van der Waals surface area (Å²) in [5.74, 6) is -0.864. The average Bonchev–Trinajstić information content (AvgIpc) is 2.65. The minimum atomic E-state index is -0.727. The van der Waals surface area contributed by atoms with Gasteiger partial charge in [0.25, 0.3) is 5.91 Å². The second-order valence-corrected chi connectivity index (χ2v) is 6.62. The summed E-state index contributed by atoms with van der Waals surface area (Å²) in [6, 6.07) is 14.5. The maximum atomic E-state index is 12.3. The monoisotopic (exact) mass is 395 g/mol. The van der Waals surface area contributed by atoms with E-state index in [4.69, 9.17) is 23.1 Å². The second kappa shape index (κ2) is 8.49. The van der Waals surface area contributed by atoms with Crippen LogP contribution < -0.4 is 16.8 Å². The maximum Gasteiger partial charge on any atom is 0.271 e. The lowest BCUT2D eigenvalue weighted by atomic mass is 10.1. The Morgan fingerprint density at radius 2 is 1.82 bits per heavy atom. The van der Waals surface area contributed by atoms with Crippen LogP contribution >= 0.6 is 11.6 Å². The van der Waals surface area contributed by atoms with Crippen molar-refractivity contribution in [1.29, 1.82) is 0 Å². The Morgan fingerprint density at radius 3 is 2.54 bits per heavy atom. The summed E-state index contributed by atoms with van der Waals surface area (Å²) in [6.07, 6.45) is 2.15. The van der Waals surface area contributed by atoms with Gasteiger partial charge in [0.1, 0.15) is 0 Å². The van der Waals surface area contributed by atoms with Gasteiger partial charge in [0.05, 0.1) is 18.3 Å². The van der Waals surface area contributed by atoms with Crippen molar-refractivity contribution >= 4 is 34.9 Å². The molecule has 28 heavy (non-hydrogen) atoms. The molecule has 8 heteroatoms. The van der Waals surface area contributed by atoms with E-state index in [-0.39, 0.29) is 23.8 Å². The molecule has 0 unspecified atom stereocenters. The van der Waals surface area contributed by atoms with Crippen LogP contribution in [0.2, 0.25) is 5.02 Å². The number of anilines is 2. The molecule has 0 saturated carbocycles. The first kappa shape index (κ1) is 19.3. The van der Waals surface area contributed by atoms with E-state index in [0.717, 1.165) is 11.1 Å². The van der Waals surface area contributed by atoms with Crippen molar-refractivity contribution in [3.05, 3.63) is 82.3 Å². The third-order valence-corrected chi connectivity index (χ3v) is 4.21. The number of nitrogens with zero attached hydrogens (tertiary/aromatic N) is 2. The summed E-state index contributed by atoms with van der Waals surface area (Å²) in [7, 11) is 0. The lowest BCUT2D eigenvalue weighted by Gasteiger charge is -2.08. The predicted molar refractivity (Wildman–Crippen MR) is 108 cm³/mol. The number of carbonyl (C=O) groups excluding carboxylic acids is 2. The number of benzene rings is 2. The van der Waals surface area contributed by atoms with E-state index in [0.29, 0.717) is 22.8 Å². The van der Waals surface area contributed by atoms with E-state index in [1.807, 2.05) is 30.3 Å². The summed E-state index contributed by atoms with van der Waals surface area (Å²) < 4.78 is 0. The Kier molecular flexibility index (Phi) is 5.86. The van der Waals surface area contributed by atoms with Crippen molar-refractivity contribution in [1.82, 2.24) is 9.97 Å². The van der Waals surface area contributed by atoms with E-state index in [9.17, 15) is 9.59 Å². The fourth-order valence-electron chi connectivity index (χ4n) is 2.66. The molecular weight excluding hydrogens is 378 g/mol. The molecule has 7 nitrogen and oxygen atoms in total. The van der Waals surface area contributed by atoms with Gasteiger partial charge in [-0.25, -0.2) is 9.97 Å². The van der Waals surface area contributed by atoms with Crippen LogP contribution in [0.5, 0.6) is 0 Å². The highest BCUT2D eigenvalue weighted by Crippen LogP contribution is 2.16. The smallest absolute Gasteiger partial charge is 0.271 e. The van der Waals surface area contributed by atoms with E-state index < -0.39 is 5.91 Å². The number of primary amides is 1. The normalized spacial score (nSPS) is 10.5. The standard InChI is InChI=1S/C20H18ClN5O2/c21-14-6-4-12(5-7-14)10-17(27)25-15-3-1-2-13(8-15)9-16-11-24-19(22)18(26-16)20(23)28/h1-8,11H,9-10H2,(H2,22,24)(H2,23,28)(H,25,27). The van der Waals surface area contributed by atoms with Crippen molar-refractivity contribution in [2.24, 2.45) is 5.73 Å². The molecule has 0 atom stereocenters. The van der Waals surface area contributed by atoms with Crippen LogP contribution in [0.3, 0.4) is 0 Å². The number of amides is 2. The number of hydrogen-bond donors (Lipinski definition) is 3. The van der Waals surface area contributed by atoms with E-state index in [1.54, 1.807) is 18.2 Å². The number of rotatable bonds is 6. The average molecular weight is 396 g/mol. The number of halogens is 1. The Labute approximate surface area is 166 Å². The number of hydrogen-bond acceptors (Lipinski definition) is 5. The number of carbonyl (C=O) groups is 2. The van der Waals surface area contributed by atoms with Crippen LogP contribution in [-0.4, -0.2) is 21.8 Å². The van der Waals surface area contributed by atoms with E-state index >= 15 is 0 Å². The molecule has 0 aliphatic carbocycles. The molecule has 0 bridgehead atoms. The zero-order valence-electron chi connectivity index (χ0n) is 14.9. The van der Waals surface area contributed by atoms with Crippen LogP contribution in [0.4, 0.5) is 11.5 Å². The van der Waals surface area contributed by atoms with E-state index in [1.165, 1.54) is 6.20 Å². The molecule has 0 spiro atoms. The summed E-state index contributed by atoms with van der Waals surface area (Å²) in [6.45, 7) is 0. The third-order valence-electron chi connectivity index (χ3n) is 3.96. The van der Waals surface area contributed by atoms with Gasteiger partial charge in [-0.15, -0.1) is 0 Å². The first-order chi connectivity index (χ1) is 13.4. The van der Waals surface area contributed by atoms with Gasteiger partial charge in [-0.2, -0.15) is 0 Å². The minimum absolute atomic E-state index is 0.000497. The van der Waals surface area contributed by atoms with Crippen molar-refractivity contribution in [3.63, 3.8) is 0 Å². The van der Waals surface area contributed by atoms with Crippen LogP contribution in [-0.2, 0) is 17.6 Å². The molecule has 3 rings (SSSR count). The van der Waals surface area contributed by atoms with E-state index in [2.05, 4.69) is 15.3 Å². The molecule has 0 saturated heterocycles. The van der Waals surface area contributed by atoms with Crippen LogP contribution in [0.15, 0.2) is 54.7 Å². The highest BCUT2D eigenvalue weighted by molar-refractivity contribution is 6.30. The molecule has 142 valence electrons. The van der Waals surface area contributed by atoms with Crippen molar-refractivity contribution < 1.29 is 9.59 Å². The lowest BCUT2D eigenvalue weighted by Crippen LogP contribution is -2.17. The molecule has 1 heterocycles.